The molecule has 0 aliphatic carbocycles. The Morgan fingerprint density at radius 3 is 2.53 bits per heavy atom. The predicted octanol–water partition coefficient (Wildman–Crippen LogP) is 3.93. The van der Waals surface area contributed by atoms with Crippen molar-refractivity contribution in [1.29, 1.82) is 5.26 Å². The van der Waals surface area contributed by atoms with Crippen molar-refractivity contribution in [2.45, 2.75) is 6.54 Å². The zero-order valence-corrected chi connectivity index (χ0v) is 10.7. The average Bonchev–Trinajstić information content (AvgIpc) is 2.37. The Morgan fingerprint density at radius 1 is 1.12 bits per heavy atom. The second-order valence-corrected chi connectivity index (χ2v) is 4.59. The van der Waals surface area contributed by atoms with Gasteiger partial charge >= 0.3 is 0 Å². The van der Waals surface area contributed by atoms with E-state index in [1.807, 2.05) is 48.5 Å². The number of halogens is 1. The van der Waals surface area contributed by atoms with Gasteiger partial charge in [0.15, 0.2) is 0 Å². The van der Waals surface area contributed by atoms with Gasteiger partial charge in [0.1, 0.15) is 0 Å². The zero-order valence-electron chi connectivity index (χ0n) is 9.15. The van der Waals surface area contributed by atoms with Gasteiger partial charge in [0, 0.05) is 16.7 Å². The Balaban J connectivity index is 2.00. The predicted molar refractivity (Wildman–Crippen MR) is 72.6 cm³/mol. The standard InChI is InChI=1S/C14H11BrN2/c15-13-2-1-3-14(8-13)17-10-12-6-4-11(9-16)5-7-12/h1-8,17H,10H2. The highest BCUT2D eigenvalue weighted by Crippen LogP contribution is 2.16. The summed E-state index contributed by atoms with van der Waals surface area (Å²) in [5.41, 5.74) is 2.92. The summed E-state index contributed by atoms with van der Waals surface area (Å²) >= 11 is 3.43. The maximum absolute atomic E-state index is 8.70. The minimum absolute atomic E-state index is 0.691. The van der Waals surface area contributed by atoms with Crippen molar-refractivity contribution >= 4 is 21.6 Å². The molecule has 0 atom stereocenters. The Labute approximate surface area is 109 Å². The molecule has 0 aromatic heterocycles. The third-order valence-electron chi connectivity index (χ3n) is 2.40. The van der Waals surface area contributed by atoms with Crippen LogP contribution in [0.5, 0.6) is 0 Å². The quantitative estimate of drug-likeness (QED) is 0.928. The second kappa shape index (κ2) is 5.51. The Morgan fingerprint density at radius 2 is 1.88 bits per heavy atom. The van der Waals surface area contributed by atoms with Crippen LogP contribution in [0.1, 0.15) is 11.1 Å². The van der Waals surface area contributed by atoms with Crippen molar-refractivity contribution in [1.82, 2.24) is 0 Å². The second-order valence-electron chi connectivity index (χ2n) is 3.67. The molecule has 0 bridgehead atoms. The summed E-state index contributed by atoms with van der Waals surface area (Å²) < 4.78 is 1.06. The first kappa shape index (κ1) is 11.7. The van der Waals surface area contributed by atoms with Crippen molar-refractivity contribution in [3.63, 3.8) is 0 Å². The van der Waals surface area contributed by atoms with Gasteiger partial charge in [-0.2, -0.15) is 5.26 Å². The maximum atomic E-state index is 8.70. The van der Waals surface area contributed by atoms with Gasteiger partial charge in [0.25, 0.3) is 0 Å². The van der Waals surface area contributed by atoms with Crippen molar-refractivity contribution < 1.29 is 0 Å². The third-order valence-corrected chi connectivity index (χ3v) is 2.90. The Bertz CT molecular complexity index is 541. The normalized spacial score (nSPS) is 9.65. The molecule has 0 saturated heterocycles. The summed E-state index contributed by atoms with van der Waals surface area (Å²) in [6.45, 7) is 0.752. The molecule has 84 valence electrons. The lowest BCUT2D eigenvalue weighted by molar-refractivity contribution is 1.15. The molecule has 0 amide bonds. The number of hydrogen-bond acceptors (Lipinski definition) is 2. The summed E-state index contributed by atoms with van der Waals surface area (Å²) in [6.07, 6.45) is 0. The lowest BCUT2D eigenvalue weighted by atomic mass is 10.1. The summed E-state index contributed by atoms with van der Waals surface area (Å²) in [5, 5.41) is 12.0. The number of nitrogens with one attached hydrogen (secondary N) is 1. The van der Waals surface area contributed by atoms with Crippen molar-refractivity contribution in [3.8, 4) is 6.07 Å². The van der Waals surface area contributed by atoms with Crippen LogP contribution in [-0.2, 0) is 6.54 Å². The Kier molecular flexibility index (Phi) is 3.79. The van der Waals surface area contributed by atoms with Gasteiger partial charge in [0.2, 0.25) is 0 Å². The van der Waals surface area contributed by atoms with Crippen LogP contribution in [0.3, 0.4) is 0 Å². The largest absolute Gasteiger partial charge is 0.381 e. The third kappa shape index (κ3) is 3.33. The fraction of sp³-hybridized carbons (Fsp3) is 0.0714. The van der Waals surface area contributed by atoms with Crippen LogP contribution in [0.2, 0.25) is 0 Å². The number of rotatable bonds is 3. The minimum atomic E-state index is 0.691. The van der Waals surface area contributed by atoms with E-state index in [9.17, 15) is 0 Å². The highest BCUT2D eigenvalue weighted by Gasteiger charge is 1.95. The van der Waals surface area contributed by atoms with E-state index in [1.54, 1.807) is 0 Å². The smallest absolute Gasteiger partial charge is 0.0991 e. The summed E-state index contributed by atoms with van der Waals surface area (Å²) in [7, 11) is 0. The van der Waals surface area contributed by atoms with Gasteiger partial charge in [-0.15, -0.1) is 0 Å². The van der Waals surface area contributed by atoms with E-state index in [0.29, 0.717) is 5.56 Å². The average molecular weight is 287 g/mol. The molecule has 3 heteroatoms. The molecular weight excluding hydrogens is 276 g/mol. The molecule has 0 spiro atoms. The molecule has 0 unspecified atom stereocenters. The number of anilines is 1. The Hall–Kier alpha value is -1.79. The first-order valence-corrected chi connectivity index (χ1v) is 6.06. The molecule has 2 aromatic carbocycles. The van der Waals surface area contributed by atoms with Crippen LogP contribution < -0.4 is 5.32 Å². The number of hydrogen-bond donors (Lipinski definition) is 1. The molecule has 0 aliphatic rings. The molecular formula is C14H11BrN2. The summed E-state index contributed by atoms with van der Waals surface area (Å²) in [5.74, 6) is 0. The number of nitrogens with zero attached hydrogens (tertiary/aromatic N) is 1. The van der Waals surface area contributed by atoms with Crippen LogP contribution in [0.25, 0.3) is 0 Å². The molecule has 0 aliphatic heterocycles. The summed E-state index contributed by atoms with van der Waals surface area (Å²) in [4.78, 5) is 0. The lowest BCUT2D eigenvalue weighted by Crippen LogP contribution is -1.98. The fourth-order valence-corrected chi connectivity index (χ4v) is 1.90. The van der Waals surface area contributed by atoms with Crippen LogP contribution in [0.15, 0.2) is 53.0 Å². The van der Waals surface area contributed by atoms with Crippen molar-refractivity contribution in [2.24, 2.45) is 0 Å². The molecule has 0 heterocycles. The van der Waals surface area contributed by atoms with Gasteiger partial charge in [0.05, 0.1) is 11.6 Å². The van der Waals surface area contributed by atoms with Gasteiger partial charge in [-0.3, -0.25) is 0 Å². The van der Waals surface area contributed by atoms with E-state index in [2.05, 4.69) is 27.3 Å². The van der Waals surface area contributed by atoms with E-state index in [0.717, 1.165) is 22.3 Å². The molecule has 1 N–H and O–H groups in total. The summed E-state index contributed by atoms with van der Waals surface area (Å²) in [6, 6.07) is 17.7. The van der Waals surface area contributed by atoms with E-state index >= 15 is 0 Å². The highest BCUT2D eigenvalue weighted by atomic mass is 79.9. The number of nitriles is 1. The first-order valence-electron chi connectivity index (χ1n) is 5.26. The molecule has 0 radical (unpaired) electrons. The van der Waals surface area contributed by atoms with Crippen LogP contribution in [0.4, 0.5) is 5.69 Å². The minimum Gasteiger partial charge on any atom is -0.381 e. The van der Waals surface area contributed by atoms with Gasteiger partial charge in [-0.1, -0.05) is 34.1 Å². The van der Waals surface area contributed by atoms with Gasteiger partial charge < -0.3 is 5.32 Å². The first-order chi connectivity index (χ1) is 8.28. The van der Waals surface area contributed by atoms with Gasteiger partial charge in [-0.25, -0.2) is 0 Å². The lowest BCUT2D eigenvalue weighted by Gasteiger charge is -2.06. The van der Waals surface area contributed by atoms with Crippen LogP contribution >= 0.6 is 15.9 Å². The van der Waals surface area contributed by atoms with E-state index < -0.39 is 0 Å². The zero-order chi connectivity index (χ0) is 12.1. The highest BCUT2D eigenvalue weighted by molar-refractivity contribution is 9.10. The van der Waals surface area contributed by atoms with Crippen molar-refractivity contribution in [2.75, 3.05) is 5.32 Å². The molecule has 2 rings (SSSR count). The number of benzene rings is 2. The SMILES string of the molecule is N#Cc1ccc(CNc2cccc(Br)c2)cc1. The maximum Gasteiger partial charge on any atom is 0.0991 e. The van der Waals surface area contributed by atoms with Crippen LogP contribution in [0, 0.1) is 11.3 Å². The molecule has 0 fully saturated rings. The van der Waals surface area contributed by atoms with Gasteiger partial charge in [-0.05, 0) is 35.9 Å². The van der Waals surface area contributed by atoms with Crippen LogP contribution in [-0.4, -0.2) is 0 Å². The monoisotopic (exact) mass is 286 g/mol. The van der Waals surface area contributed by atoms with E-state index in [1.165, 1.54) is 0 Å². The molecule has 17 heavy (non-hydrogen) atoms. The topological polar surface area (TPSA) is 35.8 Å². The van der Waals surface area contributed by atoms with E-state index in [4.69, 9.17) is 5.26 Å². The van der Waals surface area contributed by atoms with Crippen molar-refractivity contribution in [3.05, 3.63) is 64.1 Å². The van der Waals surface area contributed by atoms with E-state index in [-0.39, 0.29) is 0 Å². The molecule has 0 saturated carbocycles. The molecule has 2 nitrogen and oxygen atoms in total. The fourth-order valence-electron chi connectivity index (χ4n) is 1.50. The molecule has 2 aromatic rings.